The third-order valence-electron chi connectivity index (χ3n) is 5.66. The highest BCUT2D eigenvalue weighted by Gasteiger charge is 2.48. The van der Waals surface area contributed by atoms with E-state index in [0.717, 1.165) is 34.8 Å². The van der Waals surface area contributed by atoms with Gasteiger partial charge in [-0.25, -0.2) is 14.2 Å². The van der Waals surface area contributed by atoms with Crippen molar-refractivity contribution in [2.45, 2.75) is 33.2 Å². The number of hydrogen-bond acceptors (Lipinski definition) is 8. The highest BCUT2D eigenvalue weighted by atomic mass is 32.1. The van der Waals surface area contributed by atoms with E-state index in [9.17, 15) is 23.9 Å². The minimum atomic E-state index is -1.07. The molecule has 192 valence electrons. The number of nitrogens with zero attached hydrogens (tertiary/aromatic N) is 2. The zero-order valence-electron chi connectivity index (χ0n) is 20.5. The number of ketones is 1. The molecule has 1 saturated heterocycles. The molecule has 1 aromatic heterocycles. The van der Waals surface area contributed by atoms with Crippen molar-refractivity contribution < 1.29 is 33.4 Å². The number of aliphatic hydroxyl groups excluding tert-OH is 1. The predicted molar refractivity (Wildman–Crippen MR) is 136 cm³/mol. The van der Waals surface area contributed by atoms with E-state index in [0.29, 0.717) is 23.6 Å². The number of rotatable bonds is 8. The first-order valence-electron chi connectivity index (χ1n) is 11.7. The molecule has 1 aliphatic heterocycles. The van der Waals surface area contributed by atoms with Gasteiger partial charge >= 0.3 is 11.9 Å². The van der Waals surface area contributed by atoms with Crippen LogP contribution in [0.15, 0.2) is 54.1 Å². The number of esters is 1. The summed E-state index contributed by atoms with van der Waals surface area (Å²) in [5.74, 6) is -2.88. The molecule has 0 aliphatic carbocycles. The molecule has 8 nitrogen and oxygen atoms in total. The Morgan fingerprint density at radius 2 is 1.89 bits per heavy atom. The Morgan fingerprint density at radius 1 is 1.16 bits per heavy atom. The van der Waals surface area contributed by atoms with Crippen LogP contribution in [-0.2, 0) is 14.3 Å². The van der Waals surface area contributed by atoms with Crippen molar-refractivity contribution >= 4 is 39.9 Å². The number of carbonyl (C=O) groups excluding carboxylic acids is 3. The Hall–Kier alpha value is -4.05. The summed E-state index contributed by atoms with van der Waals surface area (Å²) in [6.07, 6.45) is 0.780. The van der Waals surface area contributed by atoms with E-state index in [2.05, 4.69) is 4.98 Å². The number of ether oxygens (including phenoxy) is 2. The van der Waals surface area contributed by atoms with Crippen molar-refractivity contribution in [3.63, 3.8) is 0 Å². The molecule has 1 N–H and O–H groups in total. The van der Waals surface area contributed by atoms with Crippen molar-refractivity contribution in [1.82, 2.24) is 4.98 Å². The summed E-state index contributed by atoms with van der Waals surface area (Å²) in [7, 11) is 0. The zero-order valence-corrected chi connectivity index (χ0v) is 21.3. The van der Waals surface area contributed by atoms with Crippen LogP contribution in [0.25, 0.3) is 5.76 Å². The summed E-state index contributed by atoms with van der Waals surface area (Å²) >= 11 is 0.921. The molecule has 0 radical (unpaired) electrons. The second-order valence-electron chi connectivity index (χ2n) is 8.23. The van der Waals surface area contributed by atoms with Crippen molar-refractivity contribution in [1.29, 1.82) is 0 Å². The SMILES string of the molecule is CCCOc1cccc(C2C(=C(O)c3ccc(F)cc3)C(=O)C(=O)N2c2nc(C)c(C(=O)OCC)s2)c1. The van der Waals surface area contributed by atoms with Gasteiger partial charge < -0.3 is 14.6 Å². The van der Waals surface area contributed by atoms with E-state index in [1.54, 1.807) is 38.1 Å². The van der Waals surface area contributed by atoms with E-state index < -0.39 is 35.3 Å². The average molecular weight is 525 g/mol. The lowest BCUT2D eigenvalue weighted by Gasteiger charge is -2.23. The number of hydrogen-bond donors (Lipinski definition) is 1. The zero-order chi connectivity index (χ0) is 26.7. The number of thiazole rings is 1. The molecule has 0 saturated carbocycles. The van der Waals surface area contributed by atoms with Crippen molar-refractivity contribution in [3.05, 3.63) is 81.6 Å². The summed E-state index contributed by atoms with van der Waals surface area (Å²) in [6.45, 7) is 5.88. The molecular weight excluding hydrogens is 499 g/mol. The molecule has 1 unspecified atom stereocenters. The number of amides is 1. The molecule has 0 spiro atoms. The van der Waals surface area contributed by atoms with Gasteiger partial charge in [0.25, 0.3) is 5.78 Å². The first-order chi connectivity index (χ1) is 17.8. The molecule has 3 aromatic rings. The van der Waals surface area contributed by atoms with Crippen LogP contribution in [0.5, 0.6) is 5.75 Å². The minimum Gasteiger partial charge on any atom is -0.507 e. The molecule has 4 rings (SSSR count). The van der Waals surface area contributed by atoms with E-state index in [4.69, 9.17) is 9.47 Å². The average Bonchev–Trinajstić information content (AvgIpc) is 3.40. The van der Waals surface area contributed by atoms with Gasteiger partial charge in [0.15, 0.2) is 5.13 Å². The summed E-state index contributed by atoms with van der Waals surface area (Å²) in [4.78, 5) is 44.8. The number of aliphatic hydroxyl groups is 1. The lowest BCUT2D eigenvalue weighted by atomic mass is 9.95. The molecule has 10 heteroatoms. The fraction of sp³-hybridized carbons (Fsp3) is 0.259. The molecule has 2 aromatic carbocycles. The van der Waals surface area contributed by atoms with Gasteiger partial charge in [-0.15, -0.1) is 0 Å². The lowest BCUT2D eigenvalue weighted by Crippen LogP contribution is -2.29. The Balaban J connectivity index is 1.90. The van der Waals surface area contributed by atoms with Gasteiger partial charge in [0.05, 0.1) is 30.5 Å². The first-order valence-corrected chi connectivity index (χ1v) is 12.5. The molecule has 2 heterocycles. The molecule has 0 bridgehead atoms. The lowest BCUT2D eigenvalue weighted by molar-refractivity contribution is -0.132. The van der Waals surface area contributed by atoms with Gasteiger partial charge in [-0.1, -0.05) is 30.4 Å². The predicted octanol–water partition coefficient (Wildman–Crippen LogP) is 5.18. The fourth-order valence-electron chi connectivity index (χ4n) is 3.97. The van der Waals surface area contributed by atoms with Crippen molar-refractivity contribution in [3.8, 4) is 5.75 Å². The van der Waals surface area contributed by atoms with Crippen molar-refractivity contribution in [2.75, 3.05) is 18.1 Å². The topological polar surface area (TPSA) is 106 Å². The molecule has 37 heavy (non-hydrogen) atoms. The Labute approximate surface area is 217 Å². The number of carbonyl (C=O) groups is 3. The van der Waals surface area contributed by atoms with Gasteiger partial charge in [0.2, 0.25) is 0 Å². The smallest absolute Gasteiger partial charge is 0.350 e. The van der Waals surface area contributed by atoms with Gasteiger partial charge in [-0.2, -0.15) is 0 Å². The molecule has 1 amide bonds. The van der Waals surface area contributed by atoms with Gasteiger partial charge in [-0.3, -0.25) is 14.5 Å². The fourth-order valence-corrected chi connectivity index (χ4v) is 4.96. The van der Waals surface area contributed by atoms with E-state index in [-0.39, 0.29) is 27.8 Å². The van der Waals surface area contributed by atoms with Crippen LogP contribution in [0.4, 0.5) is 9.52 Å². The summed E-state index contributed by atoms with van der Waals surface area (Å²) in [5, 5.41) is 11.3. The number of aromatic nitrogens is 1. The number of halogens is 1. The van der Waals surface area contributed by atoms with Crippen LogP contribution in [0.3, 0.4) is 0 Å². The third kappa shape index (κ3) is 5.10. The Kier molecular flexibility index (Phi) is 7.68. The molecule has 1 aliphatic rings. The van der Waals surface area contributed by atoms with Crippen LogP contribution in [0.1, 0.15) is 52.8 Å². The molecule has 1 atom stereocenters. The van der Waals surface area contributed by atoms with Gasteiger partial charge in [-0.05, 0) is 62.2 Å². The van der Waals surface area contributed by atoms with Gasteiger partial charge in [0, 0.05) is 5.56 Å². The second kappa shape index (κ2) is 10.9. The molecular formula is C27H25FN2O6S. The number of Topliss-reactive ketones (excluding diaryl/α,β-unsaturated/α-hetero) is 1. The maximum absolute atomic E-state index is 13.5. The third-order valence-corrected chi connectivity index (χ3v) is 6.80. The summed E-state index contributed by atoms with van der Waals surface area (Å²) in [6, 6.07) is 10.7. The second-order valence-corrected chi connectivity index (χ2v) is 9.21. The highest BCUT2D eigenvalue weighted by Crippen LogP contribution is 2.44. The maximum atomic E-state index is 13.5. The normalized spacial score (nSPS) is 16.8. The maximum Gasteiger partial charge on any atom is 0.350 e. The van der Waals surface area contributed by atoms with Gasteiger partial charge in [0.1, 0.15) is 22.2 Å². The quantitative estimate of drug-likeness (QED) is 0.187. The number of benzene rings is 2. The van der Waals surface area contributed by atoms with Crippen LogP contribution in [-0.4, -0.2) is 41.0 Å². The van der Waals surface area contributed by atoms with E-state index in [1.165, 1.54) is 12.1 Å². The summed E-state index contributed by atoms with van der Waals surface area (Å²) < 4.78 is 24.3. The largest absolute Gasteiger partial charge is 0.507 e. The van der Waals surface area contributed by atoms with Crippen LogP contribution in [0, 0.1) is 12.7 Å². The number of anilines is 1. The Morgan fingerprint density at radius 3 is 2.57 bits per heavy atom. The first kappa shape index (κ1) is 26.0. The molecule has 1 fully saturated rings. The van der Waals surface area contributed by atoms with Crippen LogP contribution >= 0.6 is 11.3 Å². The standard InChI is InChI=1S/C27H25FN2O6S/c1-4-13-36-19-8-6-7-17(14-19)21-20(22(31)16-9-11-18(28)12-10-16)23(32)25(33)30(21)27-29-15(3)24(37-27)26(34)35-5-2/h6-12,14,21,31H,4-5,13H2,1-3H3. The van der Waals surface area contributed by atoms with Crippen LogP contribution < -0.4 is 9.64 Å². The van der Waals surface area contributed by atoms with E-state index >= 15 is 0 Å². The van der Waals surface area contributed by atoms with E-state index in [1.807, 2.05) is 6.92 Å². The minimum absolute atomic E-state index is 0.102. The van der Waals surface area contributed by atoms with Crippen molar-refractivity contribution in [2.24, 2.45) is 0 Å². The van der Waals surface area contributed by atoms with Crippen LogP contribution in [0.2, 0.25) is 0 Å². The highest BCUT2D eigenvalue weighted by molar-refractivity contribution is 7.17. The monoisotopic (exact) mass is 524 g/mol. The Bertz CT molecular complexity index is 1380. The number of aryl methyl sites for hydroxylation is 1. The summed E-state index contributed by atoms with van der Waals surface area (Å²) in [5.41, 5.74) is 0.819.